The fraction of sp³-hybridized carbons (Fsp3) is 0.267. The maximum absolute atomic E-state index is 8.93. The summed E-state index contributed by atoms with van der Waals surface area (Å²) in [6.07, 6.45) is 2.07. The summed E-state index contributed by atoms with van der Waals surface area (Å²) in [5.74, 6) is 1.17. The van der Waals surface area contributed by atoms with E-state index in [9.17, 15) is 0 Å². The quantitative estimate of drug-likeness (QED) is 0.781. The van der Waals surface area contributed by atoms with Gasteiger partial charge < -0.3 is 4.74 Å². The van der Waals surface area contributed by atoms with Crippen molar-refractivity contribution in [3.05, 3.63) is 41.3 Å². The van der Waals surface area contributed by atoms with Gasteiger partial charge in [0.05, 0.1) is 12.3 Å². The van der Waals surface area contributed by atoms with Gasteiger partial charge in [-0.25, -0.2) is 9.97 Å². The van der Waals surface area contributed by atoms with Crippen molar-refractivity contribution in [1.82, 2.24) is 9.97 Å². The molecule has 1 aliphatic rings. The van der Waals surface area contributed by atoms with E-state index in [4.69, 9.17) is 10.00 Å². The average Bonchev–Trinajstić information content (AvgIpc) is 2.46. The summed E-state index contributed by atoms with van der Waals surface area (Å²) < 4.78 is 5.60. The first kappa shape index (κ1) is 11.7. The molecular formula is C15H13N3O. The Morgan fingerprint density at radius 2 is 2.16 bits per heavy atom. The predicted octanol–water partition coefficient (Wildman–Crippen LogP) is 2.65. The molecule has 94 valence electrons. The molecular weight excluding hydrogens is 238 g/mol. The van der Waals surface area contributed by atoms with Gasteiger partial charge in [0.15, 0.2) is 0 Å². The SMILES string of the molecule is Cc1cc(-c2ccc3c(c2)CCCO3)nc(C#N)n1. The van der Waals surface area contributed by atoms with E-state index < -0.39 is 0 Å². The van der Waals surface area contributed by atoms with E-state index in [1.807, 2.05) is 31.2 Å². The van der Waals surface area contributed by atoms with Gasteiger partial charge >= 0.3 is 0 Å². The maximum Gasteiger partial charge on any atom is 0.232 e. The molecule has 0 atom stereocenters. The molecule has 0 saturated carbocycles. The minimum absolute atomic E-state index is 0.212. The molecule has 19 heavy (non-hydrogen) atoms. The minimum Gasteiger partial charge on any atom is -0.493 e. The maximum atomic E-state index is 8.93. The molecule has 0 fully saturated rings. The van der Waals surface area contributed by atoms with Crippen molar-refractivity contribution in [3.8, 4) is 23.1 Å². The lowest BCUT2D eigenvalue weighted by Crippen LogP contribution is -2.08. The number of benzene rings is 1. The number of fused-ring (bicyclic) bond motifs is 1. The molecule has 3 rings (SSSR count). The van der Waals surface area contributed by atoms with E-state index in [2.05, 4.69) is 16.0 Å². The monoisotopic (exact) mass is 251 g/mol. The van der Waals surface area contributed by atoms with Crippen molar-refractivity contribution >= 4 is 0 Å². The van der Waals surface area contributed by atoms with Crippen molar-refractivity contribution in [2.75, 3.05) is 6.61 Å². The Hall–Kier alpha value is -2.41. The first-order chi connectivity index (χ1) is 9.26. The van der Waals surface area contributed by atoms with Gasteiger partial charge in [0.25, 0.3) is 0 Å². The van der Waals surface area contributed by atoms with E-state index in [1.165, 1.54) is 5.56 Å². The van der Waals surface area contributed by atoms with Crippen LogP contribution < -0.4 is 4.74 Å². The standard InChI is InChI=1S/C15H13N3O/c1-10-7-13(18-15(9-16)17-10)11-4-5-14-12(8-11)3-2-6-19-14/h4-5,7-8H,2-3,6H2,1H3. The average molecular weight is 251 g/mol. The van der Waals surface area contributed by atoms with Gasteiger partial charge in [-0.3, -0.25) is 0 Å². The number of hydrogen-bond acceptors (Lipinski definition) is 4. The van der Waals surface area contributed by atoms with Gasteiger partial charge in [0.1, 0.15) is 11.8 Å². The van der Waals surface area contributed by atoms with Crippen molar-refractivity contribution in [1.29, 1.82) is 5.26 Å². The molecule has 1 aromatic carbocycles. The van der Waals surface area contributed by atoms with Gasteiger partial charge in [-0.05, 0) is 49.6 Å². The highest BCUT2D eigenvalue weighted by molar-refractivity contribution is 5.63. The third-order valence-corrected chi connectivity index (χ3v) is 3.16. The summed E-state index contributed by atoms with van der Waals surface area (Å²) in [4.78, 5) is 8.33. The number of aromatic nitrogens is 2. The van der Waals surface area contributed by atoms with Crippen molar-refractivity contribution < 1.29 is 4.74 Å². The number of hydrogen-bond donors (Lipinski definition) is 0. The van der Waals surface area contributed by atoms with Gasteiger partial charge in [-0.15, -0.1) is 0 Å². The second-order valence-electron chi connectivity index (χ2n) is 4.60. The van der Waals surface area contributed by atoms with Crippen LogP contribution in [0.1, 0.15) is 23.5 Å². The van der Waals surface area contributed by atoms with Crippen LogP contribution in [0.4, 0.5) is 0 Å². The number of aryl methyl sites for hydroxylation is 2. The lowest BCUT2D eigenvalue weighted by atomic mass is 10.0. The number of ether oxygens (including phenoxy) is 1. The first-order valence-corrected chi connectivity index (χ1v) is 6.28. The van der Waals surface area contributed by atoms with E-state index in [0.29, 0.717) is 0 Å². The molecule has 2 heterocycles. The van der Waals surface area contributed by atoms with Crippen molar-refractivity contribution in [2.24, 2.45) is 0 Å². The molecule has 0 bridgehead atoms. The molecule has 0 N–H and O–H groups in total. The lowest BCUT2D eigenvalue weighted by Gasteiger charge is -2.17. The first-order valence-electron chi connectivity index (χ1n) is 6.28. The topological polar surface area (TPSA) is 58.8 Å². The summed E-state index contributed by atoms with van der Waals surface area (Å²) in [5.41, 5.74) is 3.80. The molecule has 2 aromatic rings. The molecule has 0 aliphatic carbocycles. The Morgan fingerprint density at radius 1 is 1.26 bits per heavy atom. The van der Waals surface area contributed by atoms with Crippen LogP contribution in [-0.2, 0) is 6.42 Å². The third kappa shape index (κ3) is 2.27. The number of nitrogens with zero attached hydrogens (tertiary/aromatic N) is 3. The van der Waals surface area contributed by atoms with Crippen molar-refractivity contribution in [2.45, 2.75) is 19.8 Å². The highest BCUT2D eigenvalue weighted by Crippen LogP contribution is 2.29. The Morgan fingerprint density at radius 3 is 3.00 bits per heavy atom. The normalized spacial score (nSPS) is 13.3. The fourth-order valence-electron chi connectivity index (χ4n) is 2.29. The smallest absolute Gasteiger partial charge is 0.232 e. The van der Waals surface area contributed by atoms with Crippen LogP contribution in [0.5, 0.6) is 5.75 Å². The Kier molecular flexibility index (Phi) is 2.88. The molecule has 0 unspecified atom stereocenters. The highest BCUT2D eigenvalue weighted by atomic mass is 16.5. The molecule has 0 amide bonds. The third-order valence-electron chi connectivity index (χ3n) is 3.16. The highest BCUT2D eigenvalue weighted by Gasteiger charge is 2.12. The zero-order valence-corrected chi connectivity index (χ0v) is 10.7. The van der Waals surface area contributed by atoms with Crippen LogP contribution in [-0.4, -0.2) is 16.6 Å². The zero-order valence-electron chi connectivity index (χ0n) is 10.7. The lowest BCUT2D eigenvalue weighted by molar-refractivity contribution is 0.288. The molecule has 4 nitrogen and oxygen atoms in total. The van der Waals surface area contributed by atoms with E-state index in [0.717, 1.165) is 42.1 Å². The van der Waals surface area contributed by atoms with Gasteiger partial charge in [0.2, 0.25) is 5.82 Å². The molecule has 0 spiro atoms. The van der Waals surface area contributed by atoms with Crippen molar-refractivity contribution in [3.63, 3.8) is 0 Å². The largest absolute Gasteiger partial charge is 0.493 e. The molecule has 1 aromatic heterocycles. The van der Waals surface area contributed by atoms with E-state index in [-0.39, 0.29) is 5.82 Å². The summed E-state index contributed by atoms with van der Waals surface area (Å²) in [6, 6.07) is 9.94. The van der Waals surface area contributed by atoms with Crippen LogP contribution in [0.2, 0.25) is 0 Å². The van der Waals surface area contributed by atoms with Crippen LogP contribution >= 0.6 is 0 Å². The van der Waals surface area contributed by atoms with Gasteiger partial charge in [-0.1, -0.05) is 0 Å². The van der Waals surface area contributed by atoms with E-state index in [1.54, 1.807) is 0 Å². The number of nitriles is 1. The Bertz CT molecular complexity index is 674. The second kappa shape index (κ2) is 4.69. The van der Waals surface area contributed by atoms with Crippen LogP contribution in [0, 0.1) is 18.3 Å². The fourth-order valence-corrected chi connectivity index (χ4v) is 2.29. The summed E-state index contributed by atoms with van der Waals surface area (Å²) >= 11 is 0. The summed E-state index contributed by atoms with van der Waals surface area (Å²) in [6.45, 7) is 2.66. The molecule has 0 radical (unpaired) electrons. The predicted molar refractivity (Wildman–Crippen MR) is 70.7 cm³/mol. The van der Waals surface area contributed by atoms with Crippen LogP contribution in [0.25, 0.3) is 11.3 Å². The summed E-state index contributed by atoms with van der Waals surface area (Å²) in [7, 11) is 0. The van der Waals surface area contributed by atoms with Crippen LogP contribution in [0.3, 0.4) is 0 Å². The zero-order chi connectivity index (χ0) is 13.2. The Labute approximate surface area is 111 Å². The Balaban J connectivity index is 2.07. The van der Waals surface area contributed by atoms with Gasteiger partial charge in [0, 0.05) is 11.3 Å². The molecule has 1 aliphatic heterocycles. The molecule has 0 saturated heterocycles. The summed E-state index contributed by atoms with van der Waals surface area (Å²) in [5, 5.41) is 8.93. The second-order valence-corrected chi connectivity index (χ2v) is 4.60. The number of rotatable bonds is 1. The van der Waals surface area contributed by atoms with Crippen LogP contribution in [0.15, 0.2) is 24.3 Å². The van der Waals surface area contributed by atoms with Gasteiger partial charge in [-0.2, -0.15) is 5.26 Å². The molecule has 4 heteroatoms. The van der Waals surface area contributed by atoms with E-state index >= 15 is 0 Å². The minimum atomic E-state index is 0.212.